The van der Waals surface area contributed by atoms with Gasteiger partial charge in [0.1, 0.15) is 10.5 Å². The fraction of sp³-hybridized carbons (Fsp3) is 0.0909. The predicted molar refractivity (Wildman–Crippen MR) is 70.4 cm³/mol. The van der Waals surface area contributed by atoms with E-state index < -0.39 is 0 Å². The van der Waals surface area contributed by atoms with Gasteiger partial charge in [-0.15, -0.1) is 11.8 Å². The summed E-state index contributed by atoms with van der Waals surface area (Å²) in [5, 5.41) is 0.749. The molecule has 0 aliphatic carbocycles. The number of hydrogen-bond acceptors (Lipinski definition) is 3. The van der Waals surface area contributed by atoms with Crippen molar-refractivity contribution in [3.05, 3.63) is 52.0 Å². The van der Waals surface area contributed by atoms with Crippen LogP contribution in [0.25, 0.3) is 0 Å². The molecule has 0 radical (unpaired) electrons. The lowest BCUT2D eigenvalue weighted by atomic mass is 10.4. The molecule has 0 unspecified atom stereocenters. The molecule has 0 spiro atoms. The molecule has 5 heteroatoms. The maximum Gasteiger partial charge on any atom is 0.117 e. The number of nitrogens with one attached hydrogen (secondary N) is 1. The van der Waals surface area contributed by atoms with E-state index in [1.54, 1.807) is 24.0 Å². The predicted octanol–water partition coefficient (Wildman–Crippen LogP) is 4.08. The summed E-state index contributed by atoms with van der Waals surface area (Å²) in [6.07, 6.45) is 1.71. The number of aromatic nitrogens is 2. The minimum atomic E-state index is 0.705. The van der Waals surface area contributed by atoms with Gasteiger partial charge in [-0.05, 0) is 24.3 Å². The van der Waals surface area contributed by atoms with Crippen LogP contribution in [0.4, 0.5) is 0 Å². The van der Waals surface area contributed by atoms with Gasteiger partial charge in [0.15, 0.2) is 0 Å². The second-order valence-corrected chi connectivity index (χ2v) is 5.05. The summed E-state index contributed by atoms with van der Waals surface area (Å²) in [5.41, 5.74) is 0. The first-order chi connectivity index (χ1) is 7.74. The lowest BCUT2D eigenvalue weighted by Crippen LogP contribution is -1.91. The zero-order chi connectivity index (χ0) is 11.4. The highest BCUT2D eigenvalue weighted by Crippen LogP contribution is 2.23. The number of hydrogen-bond donors (Lipinski definition) is 1. The van der Waals surface area contributed by atoms with Crippen molar-refractivity contribution >= 4 is 35.6 Å². The molecule has 2 aromatic rings. The molecule has 2 rings (SSSR count). The zero-order valence-corrected chi connectivity index (χ0v) is 10.7. The van der Waals surface area contributed by atoms with Gasteiger partial charge in [-0.3, -0.25) is 0 Å². The number of rotatable bonds is 3. The van der Waals surface area contributed by atoms with E-state index in [4.69, 9.17) is 23.8 Å². The fourth-order valence-corrected chi connectivity index (χ4v) is 2.46. The SMILES string of the molecule is S=c1ccnc(CSc2cccc(Cl)c2)[nH]1. The van der Waals surface area contributed by atoms with E-state index in [-0.39, 0.29) is 0 Å². The summed E-state index contributed by atoms with van der Waals surface area (Å²) < 4.78 is 0.705. The van der Waals surface area contributed by atoms with E-state index in [0.29, 0.717) is 4.64 Å². The second kappa shape index (κ2) is 5.48. The van der Waals surface area contributed by atoms with E-state index in [9.17, 15) is 0 Å². The van der Waals surface area contributed by atoms with Crippen LogP contribution in [0.2, 0.25) is 5.02 Å². The molecule has 0 aliphatic rings. The molecule has 82 valence electrons. The average Bonchev–Trinajstić information content (AvgIpc) is 2.27. The zero-order valence-electron chi connectivity index (χ0n) is 8.31. The topological polar surface area (TPSA) is 28.7 Å². The van der Waals surface area contributed by atoms with Crippen molar-refractivity contribution in [3.8, 4) is 0 Å². The lowest BCUT2D eigenvalue weighted by Gasteiger charge is -2.01. The van der Waals surface area contributed by atoms with E-state index in [0.717, 1.165) is 21.5 Å². The first-order valence-corrected chi connectivity index (χ1v) is 6.44. The Morgan fingerprint density at radius 2 is 2.25 bits per heavy atom. The monoisotopic (exact) mass is 268 g/mol. The Morgan fingerprint density at radius 3 is 3.00 bits per heavy atom. The average molecular weight is 269 g/mol. The van der Waals surface area contributed by atoms with E-state index in [1.165, 1.54) is 0 Å². The summed E-state index contributed by atoms with van der Waals surface area (Å²) in [4.78, 5) is 8.37. The molecule has 0 aliphatic heterocycles. The second-order valence-electron chi connectivity index (χ2n) is 3.13. The first-order valence-electron chi connectivity index (χ1n) is 4.66. The molecular weight excluding hydrogens is 260 g/mol. The Balaban J connectivity index is 2.05. The normalized spacial score (nSPS) is 10.3. The van der Waals surface area contributed by atoms with Gasteiger partial charge in [0.05, 0.1) is 5.75 Å². The Labute approximate surface area is 108 Å². The molecule has 2 nitrogen and oxygen atoms in total. The quantitative estimate of drug-likeness (QED) is 0.672. The van der Waals surface area contributed by atoms with Crippen molar-refractivity contribution in [1.29, 1.82) is 0 Å². The molecule has 0 fully saturated rings. The van der Waals surface area contributed by atoms with E-state index >= 15 is 0 Å². The maximum atomic E-state index is 5.90. The minimum absolute atomic E-state index is 0.705. The van der Waals surface area contributed by atoms with Crippen molar-refractivity contribution in [1.82, 2.24) is 9.97 Å². The molecule has 0 saturated heterocycles. The van der Waals surface area contributed by atoms with Crippen LogP contribution < -0.4 is 0 Å². The Bertz CT molecular complexity index is 539. The van der Waals surface area contributed by atoms with Crippen LogP contribution in [-0.4, -0.2) is 9.97 Å². The Kier molecular flexibility index (Phi) is 3.98. The van der Waals surface area contributed by atoms with Crippen molar-refractivity contribution in [2.24, 2.45) is 0 Å². The maximum absolute atomic E-state index is 5.90. The van der Waals surface area contributed by atoms with Gasteiger partial charge >= 0.3 is 0 Å². The van der Waals surface area contributed by atoms with Gasteiger partial charge in [0.2, 0.25) is 0 Å². The summed E-state index contributed by atoms with van der Waals surface area (Å²) in [6, 6.07) is 9.52. The van der Waals surface area contributed by atoms with E-state index in [2.05, 4.69) is 9.97 Å². The third kappa shape index (κ3) is 3.33. The Hall–Kier alpha value is -0.840. The van der Waals surface area contributed by atoms with Gasteiger partial charge in [0.25, 0.3) is 0 Å². The van der Waals surface area contributed by atoms with Crippen molar-refractivity contribution in [2.75, 3.05) is 0 Å². The first kappa shape index (κ1) is 11.6. The van der Waals surface area contributed by atoms with Crippen molar-refractivity contribution in [3.63, 3.8) is 0 Å². The number of benzene rings is 1. The molecule has 1 N–H and O–H groups in total. The van der Waals surface area contributed by atoms with Gasteiger partial charge in [0, 0.05) is 16.1 Å². The molecule has 0 bridgehead atoms. The number of nitrogens with zero attached hydrogens (tertiary/aromatic N) is 1. The van der Waals surface area contributed by atoms with Crippen molar-refractivity contribution < 1.29 is 0 Å². The Morgan fingerprint density at radius 1 is 1.38 bits per heavy atom. The van der Waals surface area contributed by atoms with Crippen LogP contribution in [0.5, 0.6) is 0 Å². The number of halogens is 1. The molecule has 1 heterocycles. The molecule has 0 saturated carbocycles. The van der Waals surface area contributed by atoms with Gasteiger partial charge < -0.3 is 4.98 Å². The minimum Gasteiger partial charge on any atom is -0.334 e. The molecule has 16 heavy (non-hydrogen) atoms. The lowest BCUT2D eigenvalue weighted by molar-refractivity contribution is 1.02. The summed E-state index contributed by atoms with van der Waals surface area (Å²) in [7, 11) is 0. The van der Waals surface area contributed by atoms with E-state index in [1.807, 2.05) is 24.3 Å². The van der Waals surface area contributed by atoms with Crippen LogP contribution in [0, 0.1) is 4.64 Å². The van der Waals surface area contributed by atoms with Crippen LogP contribution in [-0.2, 0) is 5.75 Å². The molecule has 1 aromatic carbocycles. The third-order valence-corrected chi connectivity index (χ3v) is 3.37. The fourth-order valence-electron chi connectivity index (χ4n) is 1.19. The van der Waals surface area contributed by atoms with Gasteiger partial charge in [-0.25, -0.2) is 4.98 Å². The molecule has 0 amide bonds. The molecular formula is C11H9ClN2S2. The number of aromatic amines is 1. The van der Waals surface area contributed by atoms with Crippen LogP contribution in [0.15, 0.2) is 41.4 Å². The summed E-state index contributed by atoms with van der Waals surface area (Å²) in [5.74, 6) is 1.63. The third-order valence-electron chi connectivity index (χ3n) is 1.90. The van der Waals surface area contributed by atoms with Gasteiger partial charge in [-0.1, -0.05) is 29.9 Å². The highest BCUT2D eigenvalue weighted by Gasteiger charge is 1.98. The molecule has 1 aromatic heterocycles. The standard InChI is InChI=1S/C11H9ClN2S2/c12-8-2-1-3-9(6-8)16-7-10-13-5-4-11(15)14-10/h1-6H,7H2,(H,13,14,15). The summed E-state index contributed by atoms with van der Waals surface area (Å²) in [6.45, 7) is 0. The molecule has 0 atom stereocenters. The largest absolute Gasteiger partial charge is 0.334 e. The van der Waals surface area contributed by atoms with Gasteiger partial charge in [-0.2, -0.15) is 0 Å². The highest BCUT2D eigenvalue weighted by atomic mass is 35.5. The number of H-pyrrole nitrogens is 1. The van der Waals surface area contributed by atoms with Crippen LogP contribution in [0.3, 0.4) is 0 Å². The smallest absolute Gasteiger partial charge is 0.117 e. The van der Waals surface area contributed by atoms with Crippen molar-refractivity contribution in [2.45, 2.75) is 10.6 Å². The highest BCUT2D eigenvalue weighted by molar-refractivity contribution is 7.98. The summed E-state index contributed by atoms with van der Waals surface area (Å²) >= 11 is 12.6. The van der Waals surface area contributed by atoms with Crippen LogP contribution in [0.1, 0.15) is 5.82 Å². The number of thioether (sulfide) groups is 1. The van der Waals surface area contributed by atoms with Crippen LogP contribution >= 0.6 is 35.6 Å².